The number of hydrogen-bond donors (Lipinski definition) is 0. The zero-order chi connectivity index (χ0) is 17.1. The largest absolute Gasteiger partial charge is 0.454 e. The maximum atomic E-state index is 5.43. The van der Waals surface area contributed by atoms with Gasteiger partial charge in [-0.2, -0.15) is 4.98 Å². The van der Waals surface area contributed by atoms with Gasteiger partial charge in [0.15, 0.2) is 11.5 Å². The van der Waals surface area contributed by atoms with Crippen LogP contribution in [0.1, 0.15) is 17.9 Å². The number of aromatic nitrogens is 2. The summed E-state index contributed by atoms with van der Waals surface area (Å²) in [5.74, 6) is 3.03. The number of aryl methyl sites for hydroxylation is 1. The van der Waals surface area contributed by atoms with E-state index >= 15 is 0 Å². The molecule has 0 radical (unpaired) electrons. The molecule has 0 saturated heterocycles. The summed E-state index contributed by atoms with van der Waals surface area (Å²) in [6, 6.07) is 10.1. The second-order valence-corrected chi connectivity index (χ2v) is 6.97. The summed E-state index contributed by atoms with van der Waals surface area (Å²) in [6.45, 7) is 2.12. The van der Waals surface area contributed by atoms with Gasteiger partial charge in [-0.25, -0.2) is 0 Å². The molecule has 0 atom stereocenters. The molecule has 2 aromatic heterocycles. The van der Waals surface area contributed by atoms with Gasteiger partial charge in [0.2, 0.25) is 18.5 Å². The van der Waals surface area contributed by atoms with Crippen LogP contribution in [0.5, 0.6) is 11.5 Å². The Hall–Kier alpha value is -2.38. The van der Waals surface area contributed by atoms with Crippen LogP contribution in [0.2, 0.25) is 0 Å². The average molecular weight is 357 g/mol. The normalized spacial score (nSPS) is 12.9. The molecule has 25 heavy (non-hydrogen) atoms. The van der Waals surface area contributed by atoms with Gasteiger partial charge in [0.25, 0.3) is 0 Å². The summed E-state index contributed by atoms with van der Waals surface area (Å²) in [5, 5.41) is 6.05. The Kier molecular flexibility index (Phi) is 4.67. The quantitative estimate of drug-likeness (QED) is 0.644. The van der Waals surface area contributed by atoms with Gasteiger partial charge in [-0.3, -0.25) is 0 Å². The van der Waals surface area contributed by atoms with E-state index in [1.807, 2.05) is 29.6 Å². The van der Waals surface area contributed by atoms with Crippen LogP contribution in [0, 0.1) is 0 Å². The summed E-state index contributed by atoms with van der Waals surface area (Å²) in [7, 11) is 2.11. The highest BCUT2D eigenvalue weighted by molar-refractivity contribution is 7.13. The van der Waals surface area contributed by atoms with E-state index < -0.39 is 0 Å². The van der Waals surface area contributed by atoms with Crippen molar-refractivity contribution < 1.29 is 14.0 Å². The molecule has 3 heterocycles. The van der Waals surface area contributed by atoms with Crippen LogP contribution >= 0.6 is 11.3 Å². The molecule has 0 fully saturated rings. The molecule has 130 valence electrons. The Balaban J connectivity index is 1.26. The van der Waals surface area contributed by atoms with Gasteiger partial charge >= 0.3 is 0 Å². The fraction of sp³-hybridized carbons (Fsp3) is 0.333. The lowest BCUT2D eigenvalue weighted by molar-refractivity contribution is 0.174. The van der Waals surface area contributed by atoms with Crippen LogP contribution in [-0.2, 0) is 13.0 Å². The Morgan fingerprint density at radius 3 is 3.00 bits per heavy atom. The molecule has 0 unspecified atom stereocenters. The van der Waals surface area contributed by atoms with Crippen molar-refractivity contribution in [1.29, 1.82) is 0 Å². The van der Waals surface area contributed by atoms with E-state index in [9.17, 15) is 0 Å². The predicted molar refractivity (Wildman–Crippen MR) is 94.8 cm³/mol. The number of thiophene rings is 1. The number of fused-ring (bicyclic) bond motifs is 1. The summed E-state index contributed by atoms with van der Waals surface area (Å²) < 4.78 is 16.1. The minimum atomic E-state index is 0.312. The van der Waals surface area contributed by atoms with Crippen LogP contribution in [0.25, 0.3) is 10.7 Å². The van der Waals surface area contributed by atoms with E-state index in [1.165, 1.54) is 5.56 Å². The molecule has 3 aromatic rings. The molecule has 0 saturated carbocycles. The molecule has 1 aliphatic heterocycles. The van der Waals surface area contributed by atoms with Crippen LogP contribution in [-0.4, -0.2) is 35.4 Å². The zero-order valence-electron chi connectivity index (χ0n) is 14.0. The van der Waals surface area contributed by atoms with Crippen LogP contribution in [0.15, 0.2) is 40.2 Å². The van der Waals surface area contributed by atoms with E-state index in [4.69, 9.17) is 14.0 Å². The van der Waals surface area contributed by atoms with Crippen molar-refractivity contribution >= 4 is 11.3 Å². The van der Waals surface area contributed by atoms with Crippen LogP contribution in [0.3, 0.4) is 0 Å². The molecule has 0 amide bonds. The third kappa shape index (κ3) is 3.83. The molecule has 7 heteroatoms. The number of rotatable bonds is 7. The first-order valence-electron chi connectivity index (χ1n) is 8.21. The first-order chi connectivity index (χ1) is 12.3. The van der Waals surface area contributed by atoms with Crippen LogP contribution < -0.4 is 9.47 Å². The molecular formula is C18H19N3O3S. The second kappa shape index (κ2) is 7.25. The first-order valence-corrected chi connectivity index (χ1v) is 9.09. The predicted octanol–water partition coefficient (Wildman–Crippen LogP) is 3.59. The van der Waals surface area contributed by atoms with Gasteiger partial charge < -0.3 is 18.9 Å². The third-order valence-electron chi connectivity index (χ3n) is 4.03. The Morgan fingerprint density at radius 2 is 2.12 bits per heavy atom. The SMILES string of the molecule is CN(CCCc1nc(-c2cccs2)no1)Cc1ccc2c(c1)OCO2. The Morgan fingerprint density at radius 1 is 1.20 bits per heavy atom. The molecule has 0 N–H and O–H groups in total. The number of benzene rings is 1. The van der Waals surface area contributed by atoms with E-state index in [-0.39, 0.29) is 0 Å². The van der Waals surface area contributed by atoms with Crippen molar-refractivity contribution in [3.63, 3.8) is 0 Å². The molecule has 4 rings (SSSR count). The minimum Gasteiger partial charge on any atom is -0.454 e. The average Bonchev–Trinajstić information content (AvgIpc) is 3.35. The maximum absolute atomic E-state index is 5.43. The second-order valence-electron chi connectivity index (χ2n) is 6.02. The van der Waals surface area contributed by atoms with Gasteiger partial charge in [-0.05, 0) is 49.2 Å². The fourth-order valence-electron chi connectivity index (χ4n) is 2.79. The summed E-state index contributed by atoms with van der Waals surface area (Å²) in [4.78, 5) is 7.77. The molecule has 1 aromatic carbocycles. The first kappa shape index (κ1) is 16.1. The smallest absolute Gasteiger partial charge is 0.231 e. The summed E-state index contributed by atoms with van der Waals surface area (Å²) in [5.41, 5.74) is 1.21. The van der Waals surface area contributed by atoms with Crippen LogP contribution in [0.4, 0.5) is 0 Å². The summed E-state index contributed by atoms with van der Waals surface area (Å²) in [6.07, 6.45) is 1.75. The highest BCUT2D eigenvalue weighted by Gasteiger charge is 2.14. The minimum absolute atomic E-state index is 0.312. The molecule has 6 nitrogen and oxygen atoms in total. The number of hydrogen-bond acceptors (Lipinski definition) is 7. The maximum Gasteiger partial charge on any atom is 0.231 e. The van der Waals surface area contributed by atoms with Crippen molar-refractivity contribution in [2.24, 2.45) is 0 Å². The molecule has 1 aliphatic rings. The molecule has 0 bridgehead atoms. The van der Waals surface area contributed by atoms with Crippen molar-refractivity contribution in [3.8, 4) is 22.2 Å². The molecule has 0 aliphatic carbocycles. The van der Waals surface area contributed by atoms with E-state index in [1.54, 1.807) is 11.3 Å². The van der Waals surface area contributed by atoms with Gasteiger partial charge in [-0.15, -0.1) is 11.3 Å². The lowest BCUT2D eigenvalue weighted by atomic mass is 10.2. The monoisotopic (exact) mass is 357 g/mol. The molecule has 0 spiro atoms. The third-order valence-corrected chi connectivity index (χ3v) is 4.90. The van der Waals surface area contributed by atoms with Crippen molar-refractivity contribution in [2.75, 3.05) is 20.4 Å². The van der Waals surface area contributed by atoms with Crippen molar-refractivity contribution in [1.82, 2.24) is 15.0 Å². The van der Waals surface area contributed by atoms with E-state index in [2.05, 4.69) is 28.2 Å². The van der Waals surface area contributed by atoms with E-state index in [0.717, 1.165) is 42.3 Å². The highest BCUT2D eigenvalue weighted by atomic mass is 32.1. The summed E-state index contributed by atoms with van der Waals surface area (Å²) >= 11 is 1.62. The number of ether oxygens (including phenoxy) is 2. The van der Waals surface area contributed by atoms with Gasteiger partial charge in [-0.1, -0.05) is 17.3 Å². The number of nitrogens with zero attached hydrogens (tertiary/aromatic N) is 3. The van der Waals surface area contributed by atoms with Gasteiger partial charge in [0.1, 0.15) is 0 Å². The Bertz CT molecular complexity index is 832. The zero-order valence-corrected chi connectivity index (χ0v) is 14.8. The highest BCUT2D eigenvalue weighted by Crippen LogP contribution is 2.32. The van der Waals surface area contributed by atoms with Crippen molar-refractivity contribution in [3.05, 3.63) is 47.2 Å². The molecular weight excluding hydrogens is 338 g/mol. The topological polar surface area (TPSA) is 60.6 Å². The Labute approximate surface area is 150 Å². The standard InChI is InChI=1S/C18H19N3O3S/c1-21(11-13-6-7-14-15(10-13)23-12-22-14)8-2-5-17-19-18(20-24-17)16-4-3-9-25-16/h3-4,6-7,9-10H,2,5,8,11-12H2,1H3. The fourth-order valence-corrected chi connectivity index (χ4v) is 3.44. The van der Waals surface area contributed by atoms with Crippen molar-refractivity contribution in [2.45, 2.75) is 19.4 Å². The lowest BCUT2D eigenvalue weighted by Crippen LogP contribution is -2.19. The van der Waals surface area contributed by atoms with Gasteiger partial charge in [0, 0.05) is 13.0 Å². The van der Waals surface area contributed by atoms with E-state index in [0.29, 0.717) is 18.5 Å². The lowest BCUT2D eigenvalue weighted by Gasteiger charge is -2.16. The van der Waals surface area contributed by atoms with Gasteiger partial charge in [0.05, 0.1) is 4.88 Å².